The van der Waals surface area contributed by atoms with Crippen LogP contribution < -0.4 is 11.1 Å². The second kappa shape index (κ2) is 5.70. The van der Waals surface area contributed by atoms with Gasteiger partial charge in [0, 0.05) is 6.54 Å². The minimum absolute atomic E-state index is 0.426. The monoisotopic (exact) mass is 216 g/mol. The molecule has 0 aliphatic carbocycles. The summed E-state index contributed by atoms with van der Waals surface area (Å²) < 4.78 is 0. The molecule has 4 N–H and O–H groups in total. The molecule has 0 fully saturated rings. The highest BCUT2D eigenvalue weighted by Gasteiger charge is 2.37. The molecule has 0 bridgehead atoms. The number of carboxylic acid groups (broad SMARTS) is 1. The van der Waals surface area contributed by atoms with E-state index in [0.717, 1.165) is 0 Å². The first-order valence-corrected chi connectivity index (χ1v) is 5.01. The fourth-order valence-electron chi connectivity index (χ4n) is 1.29. The molecule has 1 unspecified atom stereocenters. The van der Waals surface area contributed by atoms with Crippen LogP contribution in [0, 0.1) is 11.3 Å². The van der Waals surface area contributed by atoms with Crippen molar-refractivity contribution in [3.8, 4) is 0 Å². The lowest BCUT2D eigenvalue weighted by Gasteiger charge is -2.25. The van der Waals surface area contributed by atoms with Crippen molar-refractivity contribution in [3.63, 3.8) is 0 Å². The van der Waals surface area contributed by atoms with Crippen LogP contribution in [0.5, 0.6) is 0 Å². The molecule has 0 saturated carbocycles. The first-order valence-electron chi connectivity index (χ1n) is 5.01. The van der Waals surface area contributed by atoms with Gasteiger partial charge in [-0.15, -0.1) is 0 Å². The van der Waals surface area contributed by atoms with Crippen molar-refractivity contribution < 1.29 is 14.7 Å². The maximum atomic E-state index is 11.6. The van der Waals surface area contributed by atoms with Crippen LogP contribution in [-0.4, -0.2) is 30.1 Å². The van der Waals surface area contributed by atoms with Gasteiger partial charge in [-0.2, -0.15) is 0 Å². The molecular formula is C10H20N2O3. The molecule has 0 heterocycles. The van der Waals surface area contributed by atoms with Gasteiger partial charge in [-0.05, 0) is 18.4 Å². The van der Waals surface area contributed by atoms with Crippen LogP contribution in [0.1, 0.15) is 27.2 Å². The summed E-state index contributed by atoms with van der Waals surface area (Å²) in [5.41, 5.74) is 4.68. The Morgan fingerprint density at radius 2 is 1.93 bits per heavy atom. The van der Waals surface area contributed by atoms with Crippen LogP contribution in [0.4, 0.5) is 0 Å². The van der Waals surface area contributed by atoms with E-state index in [1.807, 2.05) is 0 Å². The second-order valence-corrected chi connectivity index (χ2v) is 4.57. The Labute approximate surface area is 90.0 Å². The van der Waals surface area contributed by atoms with Gasteiger partial charge in [0.2, 0.25) is 5.91 Å². The van der Waals surface area contributed by atoms with Gasteiger partial charge in [-0.25, -0.2) is 0 Å². The van der Waals surface area contributed by atoms with E-state index in [0.29, 0.717) is 19.5 Å². The Balaban J connectivity index is 4.39. The lowest BCUT2D eigenvalue weighted by Crippen LogP contribution is -2.43. The van der Waals surface area contributed by atoms with Gasteiger partial charge in [-0.3, -0.25) is 9.59 Å². The van der Waals surface area contributed by atoms with Crippen molar-refractivity contribution in [1.29, 1.82) is 0 Å². The number of carbonyl (C=O) groups excluding carboxylic acids is 1. The van der Waals surface area contributed by atoms with Crippen LogP contribution in [0.2, 0.25) is 0 Å². The van der Waals surface area contributed by atoms with Gasteiger partial charge in [0.15, 0.2) is 0 Å². The summed E-state index contributed by atoms with van der Waals surface area (Å²) in [6.07, 6.45) is 0.655. The number of hydrogen-bond donors (Lipinski definition) is 3. The molecule has 0 rings (SSSR count). The average molecular weight is 216 g/mol. The average Bonchev–Trinajstić information content (AvgIpc) is 2.00. The van der Waals surface area contributed by atoms with E-state index in [4.69, 9.17) is 10.8 Å². The summed E-state index contributed by atoms with van der Waals surface area (Å²) >= 11 is 0. The molecule has 5 heteroatoms. The van der Waals surface area contributed by atoms with Gasteiger partial charge in [0.05, 0.1) is 0 Å². The van der Waals surface area contributed by atoms with Gasteiger partial charge < -0.3 is 16.2 Å². The number of carbonyl (C=O) groups is 2. The number of hydrogen-bond acceptors (Lipinski definition) is 3. The minimum Gasteiger partial charge on any atom is -0.481 e. The molecule has 0 aliphatic rings. The summed E-state index contributed by atoms with van der Waals surface area (Å²) in [5, 5.41) is 11.5. The second-order valence-electron chi connectivity index (χ2n) is 4.57. The van der Waals surface area contributed by atoms with E-state index >= 15 is 0 Å². The first-order chi connectivity index (χ1) is 6.80. The van der Waals surface area contributed by atoms with Crippen LogP contribution in [-0.2, 0) is 9.59 Å². The van der Waals surface area contributed by atoms with Crippen molar-refractivity contribution >= 4 is 11.9 Å². The van der Waals surface area contributed by atoms with Crippen molar-refractivity contribution in [2.75, 3.05) is 13.1 Å². The molecule has 0 aliphatic heterocycles. The van der Waals surface area contributed by atoms with Crippen molar-refractivity contribution in [2.45, 2.75) is 27.2 Å². The highest BCUT2D eigenvalue weighted by molar-refractivity contribution is 5.97. The maximum absolute atomic E-state index is 11.6. The molecule has 0 aromatic heterocycles. The fourth-order valence-corrected chi connectivity index (χ4v) is 1.29. The summed E-state index contributed by atoms with van der Waals surface area (Å²) in [6, 6.07) is 0. The van der Waals surface area contributed by atoms with Gasteiger partial charge in [0.25, 0.3) is 0 Å². The normalized spacial score (nSPS) is 13.3. The maximum Gasteiger partial charge on any atom is 0.316 e. The van der Waals surface area contributed by atoms with Crippen LogP contribution in [0.15, 0.2) is 0 Å². The zero-order valence-corrected chi connectivity index (χ0v) is 9.54. The van der Waals surface area contributed by atoms with Gasteiger partial charge >= 0.3 is 5.97 Å². The van der Waals surface area contributed by atoms with E-state index in [-0.39, 0.29) is 0 Å². The van der Waals surface area contributed by atoms with Crippen LogP contribution >= 0.6 is 0 Å². The highest BCUT2D eigenvalue weighted by atomic mass is 16.4. The van der Waals surface area contributed by atoms with Crippen molar-refractivity contribution in [3.05, 3.63) is 0 Å². The van der Waals surface area contributed by atoms with Crippen LogP contribution in [0.25, 0.3) is 0 Å². The number of nitrogens with two attached hydrogens (primary N) is 1. The Hall–Kier alpha value is -1.10. The third-order valence-corrected chi connectivity index (χ3v) is 2.06. The molecule has 1 atom stereocenters. The number of carboxylic acids is 1. The number of amides is 1. The molecule has 0 spiro atoms. The van der Waals surface area contributed by atoms with Gasteiger partial charge in [-0.1, -0.05) is 20.8 Å². The Kier molecular flexibility index (Phi) is 5.28. The van der Waals surface area contributed by atoms with E-state index < -0.39 is 23.2 Å². The summed E-state index contributed by atoms with van der Waals surface area (Å²) in [5.74, 6) is -2.55. The number of rotatable bonds is 5. The molecular weight excluding hydrogens is 196 g/mol. The Morgan fingerprint density at radius 3 is 2.27 bits per heavy atom. The summed E-state index contributed by atoms with van der Waals surface area (Å²) in [6.45, 7) is 6.10. The minimum atomic E-state index is -1.09. The third kappa shape index (κ3) is 4.78. The van der Waals surface area contributed by atoms with Gasteiger partial charge in [0.1, 0.15) is 5.92 Å². The molecule has 0 saturated heterocycles. The predicted molar refractivity (Wildman–Crippen MR) is 57.3 cm³/mol. The molecule has 15 heavy (non-hydrogen) atoms. The molecule has 5 nitrogen and oxygen atoms in total. The highest BCUT2D eigenvalue weighted by Crippen LogP contribution is 2.26. The van der Waals surface area contributed by atoms with Crippen molar-refractivity contribution in [1.82, 2.24) is 5.32 Å². The standard InChI is InChI=1S/C10H20N2O3/c1-10(2,3)7(9(14)15)8(13)12-6-4-5-11/h7H,4-6,11H2,1-3H3,(H,12,13)(H,14,15). The fraction of sp³-hybridized carbons (Fsp3) is 0.800. The van der Waals surface area contributed by atoms with E-state index in [2.05, 4.69) is 5.32 Å². The molecule has 1 amide bonds. The topological polar surface area (TPSA) is 92.4 Å². The zero-order valence-electron chi connectivity index (χ0n) is 9.54. The molecule has 0 radical (unpaired) electrons. The van der Waals surface area contributed by atoms with E-state index in [9.17, 15) is 9.59 Å². The molecule has 88 valence electrons. The van der Waals surface area contributed by atoms with Crippen LogP contribution in [0.3, 0.4) is 0 Å². The summed E-state index contributed by atoms with van der Waals surface area (Å²) in [7, 11) is 0. The Bertz CT molecular complexity index is 233. The lowest BCUT2D eigenvalue weighted by molar-refractivity contribution is -0.151. The van der Waals surface area contributed by atoms with E-state index in [1.54, 1.807) is 20.8 Å². The SMILES string of the molecule is CC(C)(C)C(C(=O)O)C(=O)NCCCN. The summed E-state index contributed by atoms with van der Waals surface area (Å²) in [4.78, 5) is 22.5. The smallest absolute Gasteiger partial charge is 0.316 e. The molecule has 0 aromatic rings. The molecule has 0 aromatic carbocycles. The van der Waals surface area contributed by atoms with E-state index in [1.165, 1.54) is 0 Å². The Morgan fingerprint density at radius 1 is 1.40 bits per heavy atom. The zero-order chi connectivity index (χ0) is 12.1. The predicted octanol–water partition coefficient (Wildman–Crippen LogP) is 0.198. The lowest BCUT2D eigenvalue weighted by atomic mass is 9.80. The van der Waals surface area contributed by atoms with Crippen molar-refractivity contribution in [2.24, 2.45) is 17.1 Å². The number of aliphatic carboxylic acids is 1. The largest absolute Gasteiger partial charge is 0.481 e. The third-order valence-electron chi connectivity index (χ3n) is 2.06. The quantitative estimate of drug-likeness (QED) is 0.452. The number of nitrogens with one attached hydrogen (secondary N) is 1. The first kappa shape index (κ1) is 13.9.